The summed E-state index contributed by atoms with van der Waals surface area (Å²) in [4.78, 5) is 0. The Bertz CT molecular complexity index is 1000. The summed E-state index contributed by atoms with van der Waals surface area (Å²) in [7, 11) is 0. The summed E-state index contributed by atoms with van der Waals surface area (Å²) in [6, 6.07) is 19.3. The normalized spacial score (nSPS) is 11.8. The number of nitrogen functional groups attached to an aromatic ring is 1. The minimum Gasteiger partial charge on any atom is -0.397 e. The van der Waals surface area contributed by atoms with E-state index in [-0.39, 0.29) is 0 Å². The summed E-state index contributed by atoms with van der Waals surface area (Å²) in [6.07, 6.45) is 7.11. The Balaban J connectivity index is 1.51. The monoisotopic (exact) mass is 400 g/mol. The van der Waals surface area contributed by atoms with Crippen LogP contribution in [-0.2, 0) is 12.8 Å². The maximum Gasteiger partial charge on any atom is 0.0646 e. The predicted octanol–water partition coefficient (Wildman–Crippen LogP) is 7.50. The molecule has 0 fully saturated rings. The average molecular weight is 401 g/mol. The van der Waals surface area contributed by atoms with Crippen LogP contribution in [0.15, 0.2) is 54.6 Å². The number of fused-ring (bicyclic) bond motifs is 2. The smallest absolute Gasteiger partial charge is 0.0646 e. The molecule has 3 aromatic rings. The Kier molecular flexibility index (Phi) is 6.12. The Morgan fingerprint density at radius 2 is 1.30 bits per heavy atom. The molecule has 0 aromatic heterocycles. The van der Waals surface area contributed by atoms with Gasteiger partial charge in [-0.2, -0.15) is 0 Å². The maximum atomic E-state index is 6.37. The maximum absolute atomic E-state index is 6.37. The first-order valence-electron chi connectivity index (χ1n) is 11.1. The van der Waals surface area contributed by atoms with Crippen molar-refractivity contribution in [1.82, 2.24) is 0 Å². The first-order chi connectivity index (χ1) is 14.7. The first-order valence-corrected chi connectivity index (χ1v) is 11.1. The second-order valence-corrected chi connectivity index (χ2v) is 8.14. The topological polar surface area (TPSA) is 62.1 Å². The van der Waals surface area contributed by atoms with E-state index in [1.165, 1.54) is 36.8 Å². The number of benzene rings is 3. The molecule has 0 atom stereocenters. The van der Waals surface area contributed by atoms with Crippen LogP contribution in [-0.4, -0.2) is 0 Å². The number of unbranched alkanes of at least 4 members (excludes halogenated alkanes) is 2. The zero-order valence-electron chi connectivity index (χ0n) is 18.0. The van der Waals surface area contributed by atoms with Crippen LogP contribution < -0.4 is 21.7 Å². The molecule has 1 aliphatic rings. The van der Waals surface area contributed by atoms with Crippen molar-refractivity contribution in [2.24, 2.45) is 0 Å². The van der Waals surface area contributed by atoms with Crippen LogP contribution in [0.4, 0.5) is 39.8 Å². The molecule has 0 saturated heterocycles. The largest absolute Gasteiger partial charge is 0.397 e. The van der Waals surface area contributed by atoms with Crippen molar-refractivity contribution < 1.29 is 0 Å². The van der Waals surface area contributed by atoms with E-state index in [1.807, 2.05) is 6.07 Å². The highest BCUT2D eigenvalue weighted by molar-refractivity contribution is 5.95. The summed E-state index contributed by atoms with van der Waals surface area (Å²) in [6.45, 7) is 4.45. The molecule has 1 aliphatic heterocycles. The summed E-state index contributed by atoms with van der Waals surface area (Å²) >= 11 is 0. The van der Waals surface area contributed by atoms with E-state index in [4.69, 9.17) is 5.73 Å². The van der Waals surface area contributed by atoms with Gasteiger partial charge < -0.3 is 21.7 Å². The molecule has 3 aromatic carbocycles. The van der Waals surface area contributed by atoms with Gasteiger partial charge in [-0.05, 0) is 73.2 Å². The van der Waals surface area contributed by atoms with Crippen LogP contribution in [0.3, 0.4) is 0 Å². The lowest BCUT2D eigenvalue weighted by atomic mass is 10.0. The Hall–Kier alpha value is -3.14. The van der Waals surface area contributed by atoms with Crippen molar-refractivity contribution >= 4 is 39.8 Å². The molecule has 5 N–H and O–H groups in total. The second kappa shape index (κ2) is 9.12. The highest BCUT2D eigenvalue weighted by Crippen LogP contribution is 2.42. The van der Waals surface area contributed by atoms with Crippen molar-refractivity contribution in [2.75, 3.05) is 21.7 Å². The lowest BCUT2D eigenvalue weighted by Gasteiger charge is -2.25. The summed E-state index contributed by atoms with van der Waals surface area (Å²) in [5.41, 5.74) is 16.0. The molecule has 1 heterocycles. The highest BCUT2D eigenvalue weighted by atomic mass is 15.0. The number of rotatable bonds is 8. The standard InChI is InChI=1S/C26H32N4/c1-3-5-7-18-9-12-20(13-10-18)28-23-17-26-25(16-21(23)27)30-24-15-19(8-6-4-2)11-14-22(24)29-26/h9-17,28-30H,3-8,27H2,1-2H3. The highest BCUT2D eigenvalue weighted by Gasteiger charge is 2.17. The Labute approximate surface area is 179 Å². The van der Waals surface area contributed by atoms with Crippen molar-refractivity contribution in [3.63, 3.8) is 0 Å². The van der Waals surface area contributed by atoms with Gasteiger partial charge in [-0.15, -0.1) is 0 Å². The second-order valence-electron chi connectivity index (χ2n) is 8.14. The van der Waals surface area contributed by atoms with Crippen LogP contribution in [0, 0.1) is 0 Å². The molecule has 0 saturated carbocycles. The number of hydrogen-bond donors (Lipinski definition) is 4. The van der Waals surface area contributed by atoms with Gasteiger partial charge in [0.2, 0.25) is 0 Å². The third kappa shape index (κ3) is 4.54. The van der Waals surface area contributed by atoms with E-state index in [2.05, 4.69) is 78.3 Å². The third-order valence-corrected chi connectivity index (χ3v) is 5.68. The zero-order chi connectivity index (χ0) is 20.9. The third-order valence-electron chi connectivity index (χ3n) is 5.68. The Morgan fingerprint density at radius 3 is 2.03 bits per heavy atom. The van der Waals surface area contributed by atoms with Crippen LogP contribution in [0.2, 0.25) is 0 Å². The van der Waals surface area contributed by atoms with Gasteiger partial charge in [0.15, 0.2) is 0 Å². The number of nitrogens with one attached hydrogen (secondary N) is 3. The van der Waals surface area contributed by atoms with Gasteiger partial charge >= 0.3 is 0 Å². The van der Waals surface area contributed by atoms with Gasteiger partial charge in [-0.3, -0.25) is 0 Å². The van der Waals surface area contributed by atoms with Crippen molar-refractivity contribution in [2.45, 2.75) is 52.4 Å². The van der Waals surface area contributed by atoms with Crippen LogP contribution in [0.5, 0.6) is 0 Å². The predicted molar refractivity (Wildman–Crippen MR) is 131 cm³/mol. The van der Waals surface area contributed by atoms with E-state index in [1.54, 1.807) is 0 Å². The lowest BCUT2D eigenvalue weighted by Crippen LogP contribution is -2.08. The molecule has 4 nitrogen and oxygen atoms in total. The van der Waals surface area contributed by atoms with Gasteiger partial charge in [0.05, 0.1) is 34.1 Å². The molecule has 0 amide bonds. The molecule has 156 valence electrons. The van der Waals surface area contributed by atoms with Crippen LogP contribution in [0.1, 0.15) is 50.7 Å². The first kappa shape index (κ1) is 20.1. The van der Waals surface area contributed by atoms with Gasteiger partial charge in [0.25, 0.3) is 0 Å². The molecule has 4 rings (SSSR count). The van der Waals surface area contributed by atoms with Gasteiger partial charge in [0.1, 0.15) is 0 Å². The van der Waals surface area contributed by atoms with Crippen molar-refractivity contribution in [3.05, 3.63) is 65.7 Å². The summed E-state index contributed by atoms with van der Waals surface area (Å²) in [5, 5.41) is 10.6. The molecule has 0 aliphatic carbocycles. The Morgan fingerprint density at radius 1 is 0.700 bits per heavy atom. The number of hydrogen-bond acceptors (Lipinski definition) is 4. The van der Waals surface area contributed by atoms with E-state index in [0.717, 1.165) is 52.7 Å². The molecule has 0 unspecified atom stereocenters. The minimum atomic E-state index is 0.726. The lowest BCUT2D eigenvalue weighted by molar-refractivity contribution is 0.795. The van der Waals surface area contributed by atoms with Gasteiger partial charge in [0, 0.05) is 5.69 Å². The van der Waals surface area contributed by atoms with Crippen LogP contribution >= 0.6 is 0 Å². The number of anilines is 7. The van der Waals surface area contributed by atoms with Crippen LogP contribution in [0.25, 0.3) is 0 Å². The van der Waals surface area contributed by atoms with E-state index in [0.29, 0.717) is 0 Å². The molecule has 4 heteroatoms. The molecular formula is C26H32N4. The quantitative estimate of drug-likeness (QED) is 0.231. The molecule has 30 heavy (non-hydrogen) atoms. The minimum absolute atomic E-state index is 0.726. The average Bonchev–Trinajstić information content (AvgIpc) is 2.76. The molecule has 0 spiro atoms. The fourth-order valence-corrected chi connectivity index (χ4v) is 3.85. The van der Waals surface area contributed by atoms with Gasteiger partial charge in [-0.1, -0.05) is 44.9 Å². The molecule has 0 radical (unpaired) electrons. The zero-order valence-corrected chi connectivity index (χ0v) is 18.0. The SMILES string of the molecule is CCCCc1ccc(Nc2cc3c(cc2N)Nc2cc(CCCC)ccc2N3)cc1. The van der Waals surface area contributed by atoms with E-state index < -0.39 is 0 Å². The number of aryl methyl sites for hydroxylation is 2. The number of nitrogens with two attached hydrogens (primary N) is 1. The summed E-state index contributed by atoms with van der Waals surface area (Å²) in [5.74, 6) is 0. The van der Waals surface area contributed by atoms with E-state index >= 15 is 0 Å². The van der Waals surface area contributed by atoms with Gasteiger partial charge in [-0.25, -0.2) is 0 Å². The fraction of sp³-hybridized carbons (Fsp3) is 0.308. The van der Waals surface area contributed by atoms with Crippen molar-refractivity contribution in [3.8, 4) is 0 Å². The fourth-order valence-electron chi connectivity index (χ4n) is 3.85. The molecule has 0 bridgehead atoms. The molecular weight excluding hydrogens is 368 g/mol. The summed E-state index contributed by atoms with van der Waals surface area (Å²) < 4.78 is 0. The van der Waals surface area contributed by atoms with Crippen molar-refractivity contribution in [1.29, 1.82) is 0 Å². The van der Waals surface area contributed by atoms with E-state index in [9.17, 15) is 0 Å².